The minimum Gasteiger partial charge on any atom is -0.489 e. The van der Waals surface area contributed by atoms with Gasteiger partial charge in [0.15, 0.2) is 0 Å². The average molecular weight is 228 g/mol. The summed E-state index contributed by atoms with van der Waals surface area (Å²) >= 11 is 5.80. The van der Waals surface area contributed by atoms with Crippen LogP contribution in [0.5, 0.6) is 5.75 Å². The molecule has 1 N–H and O–H groups in total. The minimum absolute atomic E-state index is 0.228. The maximum Gasteiger partial charge on any atom is 0.119 e. The summed E-state index contributed by atoms with van der Waals surface area (Å²) in [5, 5.41) is 4.02. The third-order valence-corrected chi connectivity index (χ3v) is 2.45. The Kier molecular flexibility index (Phi) is 5.51. The normalized spacial score (nSPS) is 12.5. The van der Waals surface area contributed by atoms with Crippen molar-refractivity contribution >= 4 is 11.6 Å². The number of likely N-dealkylation sites (N-methyl/N-ethyl adjacent to an activating group) is 1. The zero-order valence-electron chi connectivity index (χ0n) is 9.29. The van der Waals surface area contributed by atoms with Crippen LogP contribution in [-0.2, 0) is 0 Å². The van der Waals surface area contributed by atoms with Gasteiger partial charge in [0.25, 0.3) is 0 Å². The molecule has 0 saturated heterocycles. The third-order valence-electron chi connectivity index (χ3n) is 2.19. The van der Waals surface area contributed by atoms with E-state index in [0.29, 0.717) is 0 Å². The van der Waals surface area contributed by atoms with E-state index in [1.165, 1.54) is 0 Å². The molecule has 0 aromatic heterocycles. The minimum atomic E-state index is 0.228. The molecule has 0 fully saturated rings. The molecule has 0 spiro atoms. The zero-order valence-corrected chi connectivity index (χ0v) is 10.1. The summed E-state index contributed by atoms with van der Waals surface area (Å²) in [5.74, 6) is 0.879. The van der Waals surface area contributed by atoms with Crippen molar-refractivity contribution in [1.29, 1.82) is 0 Å². The molecule has 1 aromatic rings. The highest BCUT2D eigenvalue weighted by Crippen LogP contribution is 2.17. The lowest BCUT2D eigenvalue weighted by Crippen LogP contribution is -2.30. The number of halogens is 1. The summed E-state index contributed by atoms with van der Waals surface area (Å²) in [5.41, 5.74) is 0. The van der Waals surface area contributed by atoms with Crippen molar-refractivity contribution in [3.8, 4) is 5.75 Å². The molecule has 0 saturated carbocycles. The first kappa shape index (κ1) is 12.3. The van der Waals surface area contributed by atoms with E-state index in [9.17, 15) is 0 Å². The summed E-state index contributed by atoms with van der Waals surface area (Å²) in [6.45, 7) is 6.07. The molecule has 0 aliphatic heterocycles. The molecule has 1 aromatic carbocycles. The molecule has 15 heavy (non-hydrogen) atoms. The van der Waals surface area contributed by atoms with Crippen molar-refractivity contribution < 1.29 is 4.74 Å². The first-order chi connectivity index (χ1) is 7.26. The van der Waals surface area contributed by atoms with Crippen molar-refractivity contribution in [3.05, 3.63) is 29.3 Å². The van der Waals surface area contributed by atoms with Gasteiger partial charge in [0.1, 0.15) is 11.9 Å². The first-order valence-corrected chi connectivity index (χ1v) is 5.77. The lowest BCUT2D eigenvalue weighted by Gasteiger charge is -2.17. The van der Waals surface area contributed by atoms with Gasteiger partial charge < -0.3 is 10.1 Å². The van der Waals surface area contributed by atoms with Gasteiger partial charge >= 0.3 is 0 Å². The highest BCUT2D eigenvalue weighted by Gasteiger charge is 2.06. The predicted octanol–water partition coefficient (Wildman–Crippen LogP) is 3.11. The van der Waals surface area contributed by atoms with E-state index < -0.39 is 0 Å². The molecule has 0 aliphatic rings. The van der Waals surface area contributed by atoms with E-state index in [2.05, 4.69) is 19.2 Å². The number of nitrogens with one attached hydrogen (secondary N) is 1. The Balaban J connectivity index is 2.47. The van der Waals surface area contributed by atoms with Gasteiger partial charge in [0.2, 0.25) is 0 Å². The maximum atomic E-state index is 5.80. The fourth-order valence-corrected chi connectivity index (χ4v) is 1.41. The quantitative estimate of drug-likeness (QED) is 0.807. The van der Waals surface area contributed by atoms with Gasteiger partial charge in [-0.3, -0.25) is 0 Å². The van der Waals surface area contributed by atoms with Gasteiger partial charge in [-0.05, 0) is 37.2 Å². The van der Waals surface area contributed by atoms with Crippen LogP contribution in [0.2, 0.25) is 5.02 Å². The van der Waals surface area contributed by atoms with E-state index in [0.717, 1.165) is 30.3 Å². The van der Waals surface area contributed by atoms with Gasteiger partial charge in [0.05, 0.1) is 0 Å². The Labute approximate surface area is 96.6 Å². The van der Waals surface area contributed by atoms with Crippen molar-refractivity contribution in [2.24, 2.45) is 0 Å². The zero-order chi connectivity index (χ0) is 11.1. The summed E-state index contributed by atoms with van der Waals surface area (Å²) in [4.78, 5) is 0. The summed E-state index contributed by atoms with van der Waals surface area (Å²) in [6.07, 6.45) is 1.22. The van der Waals surface area contributed by atoms with Crippen LogP contribution in [-0.4, -0.2) is 19.2 Å². The molecule has 2 nitrogen and oxygen atoms in total. The lowest BCUT2D eigenvalue weighted by atomic mass is 10.2. The van der Waals surface area contributed by atoms with Crippen molar-refractivity contribution in [2.45, 2.75) is 26.4 Å². The van der Waals surface area contributed by atoms with Crippen LogP contribution in [0.25, 0.3) is 0 Å². The highest BCUT2D eigenvalue weighted by atomic mass is 35.5. The van der Waals surface area contributed by atoms with E-state index >= 15 is 0 Å². The van der Waals surface area contributed by atoms with Gasteiger partial charge in [0, 0.05) is 11.6 Å². The fraction of sp³-hybridized carbons (Fsp3) is 0.500. The third kappa shape index (κ3) is 4.54. The van der Waals surface area contributed by atoms with Gasteiger partial charge in [-0.1, -0.05) is 25.4 Å². The van der Waals surface area contributed by atoms with Crippen LogP contribution in [0.4, 0.5) is 0 Å². The molecule has 0 aliphatic carbocycles. The van der Waals surface area contributed by atoms with Crippen molar-refractivity contribution in [2.75, 3.05) is 13.1 Å². The van der Waals surface area contributed by atoms with Crippen LogP contribution in [0, 0.1) is 0 Å². The molecule has 84 valence electrons. The number of hydrogen-bond donors (Lipinski definition) is 1. The Morgan fingerprint density at radius 3 is 2.47 bits per heavy atom. The monoisotopic (exact) mass is 227 g/mol. The molecular weight excluding hydrogens is 210 g/mol. The SMILES string of the molecule is CCNCC(CC)Oc1ccc(Cl)cc1. The number of benzene rings is 1. The van der Waals surface area contributed by atoms with E-state index in [4.69, 9.17) is 16.3 Å². The Morgan fingerprint density at radius 2 is 1.93 bits per heavy atom. The second-order valence-corrected chi connectivity index (χ2v) is 3.85. The first-order valence-electron chi connectivity index (χ1n) is 5.39. The van der Waals surface area contributed by atoms with Gasteiger partial charge in [-0.2, -0.15) is 0 Å². The van der Waals surface area contributed by atoms with Crippen LogP contribution < -0.4 is 10.1 Å². The molecular formula is C12H18ClNO. The second kappa shape index (κ2) is 6.70. The smallest absolute Gasteiger partial charge is 0.119 e. The fourth-order valence-electron chi connectivity index (χ4n) is 1.28. The number of ether oxygens (including phenoxy) is 1. The second-order valence-electron chi connectivity index (χ2n) is 3.41. The Hall–Kier alpha value is -0.730. The molecule has 3 heteroatoms. The summed E-state index contributed by atoms with van der Waals surface area (Å²) in [7, 11) is 0. The van der Waals surface area contributed by atoms with Gasteiger partial charge in [-0.15, -0.1) is 0 Å². The summed E-state index contributed by atoms with van der Waals surface area (Å²) < 4.78 is 5.80. The highest BCUT2D eigenvalue weighted by molar-refractivity contribution is 6.30. The van der Waals surface area contributed by atoms with Crippen LogP contribution in [0.1, 0.15) is 20.3 Å². The molecule has 1 rings (SSSR count). The van der Waals surface area contributed by atoms with Crippen molar-refractivity contribution in [3.63, 3.8) is 0 Å². The van der Waals surface area contributed by atoms with E-state index in [1.807, 2.05) is 24.3 Å². The predicted molar refractivity (Wildman–Crippen MR) is 64.7 cm³/mol. The maximum absolute atomic E-state index is 5.80. The molecule has 0 bridgehead atoms. The van der Waals surface area contributed by atoms with E-state index in [-0.39, 0.29) is 6.10 Å². The lowest BCUT2D eigenvalue weighted by molar-refractivity contribution is 0.194. The largest absolute Gasteiger partial charge is 0.489 e. The standard InChI is InChI=1S/C12H18ClNO/c1-3-11(9-14-4-2)15-12-7-5-10(13)6-8-12/h5-8,11,14H,3-4,9H2,1-2H3. The summed E-state index contributed by atoms with van der Waals surface area (Å²) in [6, 6.07) is 7.49. The van der Waals surface area contributed by atoms with Crippen LogP contribution >= 0.6 is 11.6 Å². The molecule has 0 heterocycles. The molecule has 0 amide bonds. The molecule has 0 radical (unpaired) electrons. The van der Waals surface area contributed by atoms with Crippen LogP contribution in [0.3, 0.4) is 0 Å². The Bertz CT molecular complexity index is 273. The number of rotatable bonds is 6. The van der Waals surface area contributed by atoms with Crippen LogP contribution in [0.15, 0.2) is 24.3 Å². The van der Waals surface area contributed by atoms with E-state index in [1.54, 1.807) is 0 Å². The van der Waals surface area contributed by atoms with Crippen molar-refractivity contribution in [1.82, 2.24) is 5.32 Å². The van der Waals surface area contributed by atoms with Gasteiger partial charge in [-0.25, -0.2) is 0 Å². The molecule has 1 atom stereocenters. The number of hydrogen-bond acceptors (Lipinski definition) is 2. The average Bonchev–Trinajstić information content (AvgIpc) is 2.27. The molecule has 1 unspecified atom stereocenters. The topological polar surface area (TPSA) is 21.3 Å². The Morgan fingerprint density at radius 1 is 1.27 bits per heavy atom.